The molecule has 0 amide bonds. The van der Waals surface area contributed by atoms with Crippen molar-refractivity contribution in [3.05, 3.63) is 72.8 Å². The van der Waals surface area contributed by atoms with Crippen LogP contribution in [0.1, 0.15) is 0 Å². The van der Waals surface area contributed by atoms with Crippen molar-refractivity contribution >= 4 is 38.1 Å². The maximum atomic E-state index is 12.6. The zero-order valence-corrected chi connectivity index (χ0v) is 14.7. The molecule has 8 nitrogen and oxygen atoms in total. The average Bonchev–Trinajstić information content (AvgIpc) is 3.17. The van der Waals surface area contributed by atoms with Gasteiger partial charge in [0, 0.05) is 5.69 Å². The maximum Gasteiger partial charge on any atom is 0.264 e. The number of hydrogen-bond acceptors (Lipinski definition) is 7. The van der Waals surface area contributed by atoms with Crippen LogP contribution < -0.4 is 4.72 Å². The lowest BCUT2D eigenvalue weighted by Crippen LogP contribution is -2.13. The molecule has 0 fully saturated rings. The van der Waals surface area contributed by atoms with Crippen molar-refractivity contribution in [2.24, 2.45) is 10.2 Å². The first-order valence-corrected chi connectivity index (χ1v) is 9.41. The van der Waals surface area contributed by atoms with Gasteiger partial charge in [-0.2, -0.15) is 10.2 Å². The summed E-state index contributed by atoms with van der Waals surface area (Å²) >= 11 is 0. The van der Waals surface area contributed by atoms with E-state index in [0.717, 1.165) is 5.69 Å². The van der Waals surface area contributed by atoms with Gasteiger partial charge in [-0.1, -0.05) is 24.3 Å². The Morgan fingerprint density at radius 2 is 1.48 bits per heavy atom. The Morgan fingerprint density at radius 3 is 2.22 bits per heavy atom. The summed E-state index contributed by atoms with van der Waals surface area (Å²) in [7, 11) is -3.84. The molecule has 0 spiro atoms. The van der Waals surface area contributed by atoms with E-state index < -0.39 is 10.0 Å². The summed E-state index contributed by atoms with van der Waals surface area (Å²) in [5, 5.41) is 15.6. The summed E-state index contributed by atoms with van der Waals surface area (Å²) in [6, 6.07) is 20.5. The molecule has 1 N–H and O–H groups in total. The first-order valence-electron chi connectivity index (χ1n) is 7.93. The summed E-state index contributed by atoms with van der Waals surface area (Å²) in [5.41, 5.74) is 2.27. The molecular weight excluding hydrogens is 366 g/mol. The second-order valence-electron chi connectivity index (χ2n) is 5.58. The van der Waals surface area contributed by atoms with Crippen molar-refractivity contribution in [3.8, 4) is 0 Å². The van der Waals surface area contributed by atoms with Gasteiger partial charge in [-0.15, -0.1) is 0 Å². The molecule has 1 aromatic heterocycles. The van der Waals surface area contributed by atoms with Gasteiger partial charge >= 0.3 is 0 Å². The molecule has 0 aliphatic carbocycles. The van der Waals surface area contributed by atoms with Crippen LogP contribution in [0.15, 0.2) is 92.5 Å². The predicted octanol–water partition coefficient (Wildman–Crippen LogP) is 4.44. The Bertz CT molecular complexity index is 1200. The highest BCUT2D eigenvalue weighted by Crippen LogP contribution is 2.24. The van der Waals surface area contributed by atoms with Crippen molar-refractivity contribution < 1.29 is 13.0 Å². The lowest BCUT2D eigenvalue weighted by atomic mass is 10.3. The van der Waals surface area contributed by atoms with Crippen molar-refractivity contribution in [1.82, 2.24) is 10.3 Å². The molecule has 0 aliphatic heterocycles. The van der Waals surface area contributed by atoms with E-state index in [9.17, 15) is 8.42 Å². The van der Waals surface area contributed by atoms with Crippen LogP contribution in [-0.2, 0) is 10.0 Å². The molecule has 4 rings (SSSR count). The van der Waals surface area contributed by atoms with Gasteiger partial charge in [0.05, 0.1) is 11.4 Å². The Hall–Kier alpha value is -3.59. The Labute approximate surface area is 154 Å². The fraction of sp³-hybridized carbons (Fsp3) is 0. The third-order valence-electron chi connectivity index (χ3n) is 3.70. The van der Waals surface area contributed by atoms with E-state index >= 15 is 0 Å². The summed E-state index contributed by atoms with van der Waals surface area (Å²) in [6.45, 7) is 0. The fourth-order valence-electron chi connectivity index (χ4n) is 2.41. The first-order chi connectivity index (χ1) is 13.1. The van der Waals surface area contributed by atoms with E-state index in [4.69, 9.17) is 0 Å². The summed E-state index contributed by atoms with van der Waals surface area (Å²) < 4.78 is 32.4. The van der Waals surface area contributed by atoms with Crippen LogP contribution in [0.3, 0.4) is 0 Å². The fourth-order valence-corrected chi connectivity index (χ4v) is 3.63. The van der Waals surface area contributed by atoms with Gasteiger partial charge < -0.3 is 0 Å². The molecule has 0 radical (unpaired) electrons. The number of anilines is 1. The number of fused-ring (bicyclic) bond motifs is 1. The third-order valence-corrected chi connectivity index (χ3v) is 5.11. The van der Waals surface area contributed by atoms with Crippen LogP contribution >= 0.6 is 0 Å². The topological polar surface area (TPSA) is 110 Å². The Morgan fingerprint density at radius 1 is 0.778 bits per heavy atom. The molecule has 0 unspecified atom stereocenters. The van der Waals surface area contributed by atoms with Gasteiger partial charge in [0.15, 0.2) is 5.52 Å². The zero-order valence-electron chi connectivity index (χ0n) is 13.9. The minimum absolute atomic E-state index is 0.00547. The molecule has 1 heterocycles. The number of nitrogens with zero attached hydrogens (tertiary/aromatic N) is 4. The molecule has 3 aromatic carbocycles. The van der Waals surface area contributed by atoms with Crippen LogP contribution in [-0.4, -0.2) is 18.7 Å². The van der Waals surface area contributed by atoms with E-state index in [2.05, 4.69) is 29.9 Å². The summed E-state index contributed by atoms with van der Waals surface area (Å²) in [4.78, 5) is -0.00547. The van der Waals surface area contributed by atoms with Crippen LogP contribution in [0.5, 0.6) is 0 Å². The Kier molecular flexibility index (Phi) is 4.35. The van der Waals surface area contributed by atoms with E-state index in [1.807, 2.05) is 30.3 Å². The highest BCUT2D eigenvalue weighted by atomic mass is 32.2. The number of aromatic nitrogens is 2. The molecule has 0 saturated carbocycles. The number of azo groups is 1. The minimum atomic E-state index is -3.84. The SMILES string of the molecule is O=S(=O)(Nc1ccc(N=Nc2ccccc2)cc1)c1cccc2nonc12. The van der Waals surface area contributed by atoms with Gasteiger partial charge in [0.1, 0.15) is 10.4 Å². The number of benzene rings is 3. The van der Waals surface area contributed by atoms with E-state index in [1.54, 1.807) is 36.4 Å². The largest absolute Gasteiger partial charge is 0.280 e. The standard InChI is InChI=1S/C18H13N5O3S/c24-27(25,17-8-4-7-16-18(17)22-26-21-16)23-15-11-9-14(10-12-15)20-19-13-5-2-1-3-6-13/h1-12,23H. The monoisotopic (exact) mass is 379 g/mol. The second kappa shape index (κ2) is 6.96. The highest BCUT2D eigenvalue weighted by Gasteiger charge is 2.20. The predicted molar refractivity (Wildman–Crippen MR) is 99.7 cm³/mol. The number of rotatable bonds is 5. The molecule has 4 aromatic rings. The normalized spacial score (nSPS) is 11.9. The Balaban J connectivity index is 1.54. The van der Waals surface area contributed by atoms with Gasteiger partial charge in [-0.3, -0.25) is 4.72 Å². The summed E-state index contributed by atoms with van der Waals surface area (Å²) in [6.07, 6.45) is 0. The second-order valence-corrected chi connectivity index (χ2v) is 7.23. The molecule has 27 heavy (non-hydrogen) atoms. The van der Waals surface area contributed by atoms with Crippen molar-refractivity contribution in [3.63, 3.8) is 0 Å². The maximum absolute atomic E-state index is 12.6. The zero-order chi connectivity index (χ0) is 18.7. The smallest absolute Gasteiger partial charge is 0.264 e. The molecule has 9 heteroatoms. The van der Waals surface area contributed by atoms with E-state index in [-0.39, 0.29) is 10.4 Å². The van der Waals surface area contributed by atoms with Crippen LogP contribution in [0.4, 0.5) is 17.1 Å². The van der Waals surface area contributed by atoms with Crippen LogP contribution in [0, 0.1) is 0 Å². The van der Waals surface area contributed by atoms with Crippen molar-refractivity contribution in [2.45, 2.75) is 4.90 Å². The van der Waals surface area contributed by atoms with Crippen molar-refractivity contribution in [2.75, 3.05) is 4.72 Å². The number of hydrogen-bond donors (Lipinski definition) is 1. The molecular formula is C18H13N5O3S. The lowest BCUT2D eigenvalue weighted by Gasteiger charge is -2.08. The minimum Gasteiger partial charge on any atom is -0.280 e. The van der Waals surface area contributed by atoms with E-state index in [0.29, 0.717) is 16.9 Å². The molecule has 134 valence electrons. The molecule has 0 aliphatic rings. The average molecular weight is 379 g/mol. The van der Waals surface area contributed by atoms with Gasteiger partial charge in [-0.25, -0.2) is 13.0 Å². The van der Waals surface area contributed by atoms with Gasteiger partial charge in [0.25, 0.3) is 10.0 Å². The molecule has 0 atom stereocenters. The number of sulfonamides is 1. The molecule has 0 saturated heterocycles. The first kappa shape index (κ1) is 16.9. The highest BCUT2D eigenvalue weighted by molar-refractivity contribution is 7.93. The van der Waals surface area contributed by atoms with Crippen LogP contribution in [0.2, 0.25) is 0 Å². The number of nitrogens with one attached hydrogen (secondary N) is 1. The summed E-state index contributed by atoms with van der Waals surface area (Å²) in [5.74, 6) is 0. The van der Waals surface area contributed by atoms with Crippen molar-refractivity contribution in [1.29, 1.82) is 0 Å². The van der Waals surface area contributed by atoms with Crippen LogP contribution in [0.25, 0.3) is 11.0 Å². The lowest BCUT2D eigenvalue weighted by molar-refractivity contribution is 0.315. The quantitative estimate of drug-likeness (QED) is 0.516. The third kappa shape index (κ3) is 3.67. The van der Waals surface area contributed by atoms with E-state index in [1.165, 1.54) is 6.07 Å². The van der Waals surface area contributed by atoms with Gasteiger partial charge in [-0.05, 0) is 58.8 Å². The molecule has 0 bridgehead atoms. The van der Waals surface area contributed by atoms with Gasteiger partial charge in [0.2, 0.25) is 0 Å².